The van der Waals surface area contributed by atoms with Gasteiger partial charge in [0.2, 0.25) is 0 Å². The van der Waals surface area contributed by atoms with E-state index in [1.807, 2.05) is 19.1 Å². The van der Waals surface area contributed by atoms with E-state index in [2.05, 4.69) is 59.4 Å². The molecule has 0 aliphatic heterocycles. The molecule has 0 amide bonds. The highest BCUT2D eigenvalue weighted by Gasteiger charge is 2.13. The molecule has 2 aromatic rings. The third-order valence-corrected chi connectivity index (χ3v) is 3.59. The van der Waals surface area contributed by atoms with Gasteiger partial charge in [0.15, 0.2) is 0 Å². The smallest absolute Gasteiger partial charge is 0.120 e. The Hall–Kier alpha value is -1.06. The molecule has 0 saturated heterocycles. The molecule has 2 atom stereocenters. The Balaban J connectivity index is 2.02. The summed E-state index contributed by atoms with van der Waals surface area (Å²) in [7, 11) is 0. The van der Waals surface area contributed by atoms with Crippen LogP contribution in [0, 0.1) is 6.92 Å². The molecular weight excluding hydrogens is 290 g/mol. The molecule has 0 aliphatic rings. The molecule has 3 heteroatoms. The summed E-state index contributed by atoms with van der Waals surface area (Å²) in [4.78, 5) is 0. The summed E-state index contributed by atoms with van der Waals surface area (Å²) in [6.45, 7) is 6.25. The fourth-order valence-electron chi connectivity index (χ4n) is 1.99. The topological polar surface area (TPSA) is 25.2 Å². The predicted octanol–water partition coefficient (Wildman–Crippen LogP) is 4.76. The number of halogens is 1. The Bertz CT molecular complexity index is 503. The fraction of sp³-hybridized carbons (Fsp3) is 0.333. The van der Waals surface area contributed by atoms with Crippen LogP contribution in [-0.4, -0.2) is 0 Å². The molecule has 18 heavy (non-hydrogen) atoms. The van der Waals surface area contributed by atoms with Crippen molar-refractivity contribution in [3.8, 4) is 0 Å². The first-order chi connectivity index (χ1) is 8.56. The standard InChI is InChI=1S/C15H18BrNO/c1-10-4-9-15(18-10)12(3)17-11(2)13-5-7-14(16)8-6-13/h4-9,11-12,17H,1-3H3/t11-,12?/m0/s1. The lowest BCUT2D eigenvalue weighted by Gasteiger charge is -2.19. The molecule has 2 nitrogen and oxygen atoms in total. The first kappa shape index (κ1) is 13.4. The zero-order chi connectivity index (χ0) is 13.1. The third kappa shape index (κ3) is 3.24. The van der Waals surface area contributed by atoms with Gasteiger partial charge < -0.3 is 9.73 Å². The minimum Gasteiger partial charge on any atom is -0.465 e. The normalized spacial score (nSPS) is 14.4. The highest BCUT2D eigenvalue weighted by molar-refractivity contribution is 9.10. The van der Waals surface area contributed by atoms with E-state index in [-0.39, 0.29) is 6.04 Å². The molecule has 0 radical (unpaired) electrons. The van der Waals surface area contributed by atoms with Crippen LogP contribution in [0.4, 0.5) is 0 Å². The summed E-state index contributed by atoms with van der Waals surface area (Å²) < 4.78 is 6.74. The number of aryl methyl sites for hydroxylation is 1. The van der Waals surface area contributed by atoms with Crippen LogP contribution >= 0.6 is 15.9 Å². The van der Waals surface area contributed by atoms with Crippen molar-refractivity contribution in [1.29, 1.82) is 0 Å². The Morgan fingerprint density at radius 3 is 2.22 bits per heavy atom. The average Bonchev–Trinajstić information content (AvgIpc) is 2.76. The lowest BCUT2D eigenvalue weighted by atomic mass is 10.1. The van der Waals surface area contributed by atoms with Gasteiger partial charge in [0.25, 0.3) is 0 Å². The van der Waals surface area contributed by atoms with E-state index in [0.717, 1.165) is 16.0 Å². The van der Waals surface area contributed by atoms with Gasteiger partial charge in [0.1, 0.15) is 11.5 Å². The van der Waals surface area contributed by atoms with Crippen molar-refractivity contribution in [2.45, 2.75) is 32.9 Å². The average molecular weight is 308 g/mol. The molecule has 0 saturated carbocycles. The summed E-state index contributed by atoms with van der Waals surface area (Å²) in [5, 5.41) is 3.54. The van der Waals surface area contributed by atoms with Gasteiger partial charge >= 0.3 is 0 Å². The molecule has 1 aromatic carbocycles. The minimum absolute atomic E-state index is 0.206. The summed E-state index contributed by atoms with van der Waals surface area (Å²) >= 11 is 3.45. The van der Waals surface area contributed by atoms with E-state index in [1.165, 1.54) is 5.56 Å². The molecular formula is C15H18BrNO. The summed E-state index contributed by atoms with van der Waals surface area (Å²) in [6, 6.07) is 12.9. The minimum atomic E-state index is 0.206. The van der Waals surface area contributed by atoms with Crippen LogP contribution in [0.25, 0.3) is 0 Å². The second-order valence-electron chi connectivity index (χ2n) is 4.61. The maximum atomic E-state index is 5.63. The van der Waals surface area contributed by atoms with Crippen LogP contribution in [0.1, 0.15) is 43.0 Å². The molecule has 1 N–H and O–H groups in total. The quantitative estimate of drug-likeness (QED) is 0.880. The van der Waals surface area contributed by atoms with Crippen LogP contribution in [0.3, 0.4) is 0 Å². The Kier molecular flexibility index (Phi) is 4.25. The zero-order valence-electron chi connectivity index (χ0n) is 10.9. The first-order valence-corrected chi connectivity index (χ1v) is 6.93. The van der Waals surface area contributed by atoms with E-state index < -0.39 is 0 Å². The monoisotopic (exact) mass is 307 g/mol. The summed E-state index contributed by atoms with van der Waals surface area (Å²) in [5.41, 5.74) is 1.27. The van der Waals surface area contributed by atoms with Crippen molar-refractivity contribution < 1.29 is 4.42 Å². The number of furan rings is 1. The van der Waals surface area contributed by atoms with Crippen LogP contribution < -0.4 is 5.32 Å². The largest absolute Gasteiger partial charge is 0.465 e. The molecule has 0 bridgehead atoms. The second kappa shape index (κ2) is 5.72. The molecule has 1 aromatic heterocycles. The van der Waals surface area contributed by atoms with Gasteiger partial charge in [-0.3, -0.25) is 0 Å². The van der Waals surface area contributed by atoms with Crippen molar-refractivity contribution in [2.75, 3.05) is 0 Å². The Morgan fingerprint density at radius 2 is 1.67 bits per heavy atom. The molecule has 0 spiro atoms. The number of rotatable bonds is 4. The fourth-order valence-corrected chi connectivity index (χ4v) is 2.26. The SMILES string of the molecule is Cc1ccc(C(C)N[C@@H](C)c2ccc(Br)cc2)o1. The van der Waals surface area contributed by atoms with Gasteiger partial charge in [0, 0.05) is 10.5 Å². The maximum absolute atomic E-state index is 5.63. The molecule has 0 aliphatic carbocycles. The Labute approximate surface area is 117 Å². The van der Waals surface area contributed by atoms with Crippen molar-refractivity contribution in [2.24, 2.45) is 0 Å². The Morgan fingerprint density at radius 1 is 1.00 bits per heavy atom. The first-order valence-electron chi connectivity index (χ1n) is 6.14. The van der Waals surface area contributed by atoms with Gasteiger partial charge in [-0.2, -0.15) is 0 Å². The van der Waals surface area contributed by atoms with Crippen LogP contribution in [0.15, 0.2) is 45.3 Å². The van der Waals surface area contributed by atoms with Gasteiger partial charge in [-0.25, -0.2) is 0 Å². The molecule has 2 rings (SSSR count). The van der Waals surface area contributed by atoms with E-state index in [1.54, 1.807) is 0 Å². The van der Waals surface area contributed by atoms with Crippen LogP contribution in [-0.2, 0) is 0 Å². The maximum Gasteiger partial charge on any atom is 0.120 e. The number of benzene rings is 1. The van der Waals surface area contributed by atoms with Gasteiger partial charge in [-0.05, 0) is 50.6 Å². The number of hydrogen-bond acceptors (Lipinski definition) is 2. The number of hydrogen-bond donors (Lipinski definition) is 1. The van der Waals surface area contributed by atoms with E-state index in [0.29, 0.717) is 6.04 Å². The zero-order valence-corrected chi connectivity index (χ0v) is 12.5. The molecule has 1 unspecified atom stereocenters. The van der Waals surface area contributed by atoms with Crippen LogP contribution in [0.2, 0.25) is 0 Å². The van der Waals surface area contributed by atoms with Crippen LogP contribution in [0.5, 0.6) is 0 Å². The van der Waals surface area contributed by atoms with Crippen molar-refractivity contribution in [3.05, 3.63) is 58.0 Å². The molecule has 0 fully saturated rings. The van der Waals surface area contributed by atoms with Gasteiger partial charge in [-0.15, -0.1) is 0 Å². The summed E-state index contributed by atoms with van der Waals surface area (Å²) in [5.74, 6) is 1.94. The molecule has 1 heterocycles. The lowest BCUT2D eigenvalue weighted by molar-refractivity contribution is 0.392. The summed E-state index contributed by atoms with van der Waals surface area (Å²) in [6.07, 6.45) is 0. The van der Waals surface area contributed by atoms with Gasteiger partial charge in [-0.1, -0.05) is 28.1 Å². The third-order valence-electron chi connectivity index (χ3n) is 3.06. The highest BCUT2D eigenvalue weighted by atomic mass is 79.9. The number of nitrogens with one attached hydrogen (secondary N) is 1. The van der Waals surface area contributed by atoms with E-state index >= 15 is 0 Å². The van der Waals surface area contributed by atoms with Gasteiger partial charge in [0.05, 0.1) is 6.04 Å². The molecule has 96 valence electrons. The second-order valence-corrected chi connectivity index (χ2v) is 5.53. The lowest BCUT2D eigenvalue weighted by Crippen LogP contribution is -2.22. The van der Waals surface area contributed by atoms with Crippen molar-refractivity contribution in [3.63, 3.8) is 0 Å². The predicted molar refractivity (Wildman–Crippen MR) is 77.6 cm³/mol. The van der Waals surface area contributed by atoms with E-state index in [4.69, 9.17) is 4.42 Å². The van der Waals surface area contributed by atoms with E-state index in [9.17, 15) is 0 Å². The highest BCUT2D eigenvalue weighted by Crippen LogP contribution is 2.22. The van der Waals surface area contributed by atoms with Crippen molar-refractivity contribution >= 4 is 15.9 Å². The van der Waals surface area contributed by atoms with Crippen molar-refractivity contribution in [1.82, 2.24) is 5.32 Å².